The molecule has 2 aromatic carbocycles. The van der Waals surface area contributed by atoms with E-state index in [1.165, 1.54) is 12.1 Å². The van der Waals surface area contributed by atoms with Gasteiger partial charge in [-0.1, -0.05) is 35.5 Å². The summed E-state index contributed by atoms with van der Waals surface area (Å²) in [5.41, 5.74) is 1.07. The molecule has 5 nitrogen and oxygen atoms in total. The zero-order valence-electron chi connectivity index (χ0n) is 11.5. The molecule has 0 radical (unpaired) electrons. The van der Waals surface area contributed by atoms with Crippen molar-refractivity contribution in [2.45, 2.75) is 6.54 Å². The van der Waals surface area contributed by atoms with Gasteiger partial charge in [-0.25, -0.2) is 4.39 Å². The quantitative estimate of drug-likeness (QED) is 0.804. The highest BCUT2D eigenvalue weighted by Gasteiger charge is 2.11. The fourth-order valence-corrected chi connectivity index (χ4v) is 1.92. The summed E-state index contributed by atoms with van der Waals surface area (Å²) in [6, 6.07) is 14.7. The van der Waals surface area contributed by atoms with Crippen LogP contribution in [0.25, 0.3) is 11.4 Å². The maximum absolute atomic E-state index is 13.2. The van der Waals surface area contributed by atoms with Crippen molar-refractivity contribution in [3.05, 3.63) is 71.9 Å². The average molecular weight is 297 g/mol. The van der Waals surface area contributed by atoms with E-state index in [0.717, 1.165) is 0 Å². The normalized spacial score (nSPS) is 10.4. The monoisotopic (exact) mass is 297 g/mol. The molecule has 0 saturated heterocycles. The van der Waals surface area contributed by atoms with Crippen molar-refractivity contribution < 1.29 is 13.7 Å². The number of hydrogen-bond acceptors (Lipinski definition) is 4. The Morgan fingerprint density at radius 3 is 2.73 bits per heavy atom. The first-order chi connectivity index (χ1) is 10.7. The van der Waals surface area contributed by atoms with Crippen LogP contribution in [0.2, 0.25) is 0 Å². The highest BCUT2D eigenvalue weighted by molar-refractivity contribution is 5.93. The standard InChI is InChI=1S/C16H12FN3O2/c17-13-8-4-7-12(9-13)15-19-14(22-20-15)10-18-16(21)11-5-2-1-3-6-11/h1-9H,10H2,(H,18,21). The van der Waals surface area contributed by atoms with Gasteiger partial charge in [-0.05, 0) is 24.3 Å². The molecule has 3 rings (SSSR count). The first-order valence-corrected chi connectivity index (χ1v) is 6.64. The first-order valence-electron chi connectivity index (χ1n) is 6.64. The van der Waals surface area contributed by atoms with E-state index in [1.807, 2.05) is 6.07 Å². The van der Waals surface area contributed by atoms with Crippen LogP contribution in [0.4, 0.5) is 4.39 Å². The summed E-state index contributed by atoms with van der Waals surface area (Å²) in [7, 11) is 0. The molecule has 3 aromatic rings. The molecule has 1 N–H and O–H groups in total. The molecule has 110 valence electrons. The van der Waals surface area contributed by atoms with Gasteiger partial charge in [0.05, 0.1) is 6.54 Å². The van der Waals surface area contributed by atoms with Crippen LogP contribution in [0.3, 0.4) is 0 Å². The molecule has 22 heavy (non-hydrogen) atoms. The molecule has 0 atom stereocenters. The van der Waals surface area contributed by atoms with E-state index in [1.54, 1.807) is 36.4 Å². The van der Waals surface area contributed by atoms with Gasteiger partial charge in [0.1, 0.15) is 5.82 Å². The molecule has 0 aliphatic rings. The zero-order valence-corrected chi connectivity index (χ0v) is 11.5. The van der Waals surface area contributed by atoms with Crippen LogP contribution in [0.5, 0.6) is 0 Å². The van der Waals surface area contributed by atoms with E-state index in [4.69, 9.17) is 4.52 Å². The Morgan fingerprint density at radius 2 is 1.95 bits per heavy atom. The molecule has 6 heteroatoms. The second kappa shape index (κ2) is 6.17. The van der Waals surface area contributed by atoms with Gasteiger partial charge in [-0.3, -0.25) is 4.79 Å². The molecule has 0 aliphatic heterocycles. The Balaban J connectivity index is 1.66. The predicted octanol–water partition coefficient (Wildman–Crippen LogP) is 2.81. The first kappa shape index (κ1) is 13.9. The molecular formula is C16H12FN3O2. The summed E-state index contributed by atoms with van der Waals surface area (Å²) in [6.07, 6.45) is 0. The van der Waals surface area contributed by atoms with Gasteiger partial charge in [0, 0.05) is 11.1 Å². The topological polar surface area (TPSA) is 68.0 Å². The number of halogens is 1. The summed E-state index contributed by atoms with van der Waals surface area (Å²) in [6.45, 7) is 0.107. The second-order valence-electron chi connectivity index (χ2n) is 4.57. The van der Waals surface area contributed by atoms with E-state index < -0.39 is 0 Å². The predicted molar refractivity (Wildman–Crippen MR) is 77.3 cm³/mol. The lowest BCUT2D eigenvalue weighted by Crippen LogP contribution is -2.22. The van der Waals surface area contributed by atoms with E-state index in [0.29, 0.717) is 11.1 Å². The van der Waals surface area contributed by atoms with Crippen molar-refractivity contribution in [3.63, 3.8) is 0 Å². The molecule has 0 aliphatic carbocycles. The van der Waals surface area contributed by atoms with Crippen LogP contribution in [0.1, 0.15) is 16.2 Å². The Morgan fingerprint density at radius 1 is 1.14 bits per heavy atom. The van der Waals surface area contributed by atoms with Gasteiger partial charge in [-0.15, -0.1) is 0 Å². The molecule has 0 unspecified atom stereocenters. The summed E-state index contributed by atoms with van der Waals surface area (Å²) >= 11 is 0. The Bertz CT molecular complexity index is 787. The summed E-state index contributed by atoms with van der Waals surface area (Å²) < 4.78 is 18.2. The minimum absolute atomic E-state index is 0.107. The van der Waals surface area contributed by atoms with Gasteiger partial charge >= 0.3 is 0 Å². The van der Waals surface area contributed by atoms with E-state index in [9.17, 15) is 9.18 Å². The fourth-order valence-electron chi connectivity index (χ4n) is 1.92. The van der Waals surface area contributed by atoms with E-state index in [2.05, 4.69) is 15.5 Å². The Labute approximate surface area is 125 Å². The maximum Gasteiger partial charge on any atom is 0.251 e. The number of hydrogen-bond donors (Lipinski definition) is 1. The lowest BCUT2D eigenvalue weighted by atomic mass is 10.2. The van der Waals surface area contributed by atoms with Crippen molar-refractivity contribution in [3.8, 4) is 11.4 Å². The third kappa shape index (κ3) is 3.17. The third-order valence-electron chi connectivity index (χ3n) is 2.99. The number of amides is 1. The van der Waals surface area contributed by atoms with Crippen LogP contribution >= 0.6 is 0 Å². The van der Waals surface area contributed by atoms with Crippen LogP contribution in [0, 0.1) is 5.82 Å². The summed E-state index contributed by atoms with van der Waals surface area (Å²) in [5, 5.41) is 6.46. The summed E-state index contributed by atoms with van der Waals surface area (Å²) in [4.78, 5) is 16.0. The van der Waals surface area contributed by atoms with Crippen LogP contribution < -0.4 is 5.32 Å². The number of carbonyl (C=O) groups excluding carboxylic acids is 1. The summed E-state index contributed by atoms with van der Waals surface area (Å²) in [5.74, 6) is -0.0701. The lowest BCUT2D eigenvalue weighted by molar-refractivity contribution is 0.0946. The zero-order chi connectivity index (χ0) is 15.4. The molecular weight excluding hydrogens is 285 g/mol. The number of nitrogens with zero attached hydrogens (tertiary/aromatic N) is 2. The van der Waals surface area contributed by atoms with Gasteiger partial charge in [0.2, 0.25) is 11.7 Å². The van der Waals surface area contributed by atoms with Crippen LogP contribution in [-0.4, -0.2) is 16.0 Å². The third-order valence-corrected chi connectivity index (χ3v) is 2.99. The molecule has 1 amide bonds. The second-order valence-corrected chi connectivity index (χ2v) is 4.57. The maximum atomic E-state index is 13.2. The number of aromatic nitrogens is 2. The minimum Gasteiger partial charge on any atom is -0.343 e. The van der Waals surface area contributed by atoms with Crippen molar-refractivity contribution in [1.29, 1.82) is 0 Å². The Kier molecular flexibility index (Phi) is 3.91. The largest absolute Gasteiger partial charge is 0.343 e. The highest BCUT2D eigenvalue weighted by Crippen LogP contribution is 2.16. The minimum atomic E-state index is -0.374. The lowest BCUT2D eigenvalue weighted by Gasteiger charge is -2.01. The number of carbonyl (C=O) groups is 1. The van der Waals surface area contributed by atoms with Gasteiger partial charge in [-0.2, -0.15) is 4.98 Å². The van der Waals surface area contributed by atoms with Crippen LogP contribution in [-0.2, 0) is 6.54 Å². The number of benzene rings is 2. The van der Waals surface area contributed by atoms with Crippen molar-refractivity contribution in [2.24, 2.45) is 0 Å². The SMILES string of the molecule is O=C(NCc1nc(-c2cccc(F)c2)no1)c1ccccc1. The Hall–Kier alpha value is -3.02. The van der Waals surface area contributed by atoms with Crippen LogP contribution in [0.15, 0.2) is 59.1 Å². The van der Waals surface area contributed by atoms with E-state index >= 15 is 0 Å². The molecule has 1 heterocycles. The average Bonchev–Trinajstić information content (AvgIpc) is 3.02. The van der Waals surface area contributed by atoms with Crippen molar-refractivity contribution >= 4 is 5.91 Å². The highest BCUT2D eigenvalue weighted by atomic mass is 19.1. The fraction of sp³-hybridized carbons (Fsp3) is 0.0625. The van der Waals surface area contributed by atoms with Crippen molar-refractivity contribution in [2.75, 3.05) is 0 Å². The molecule has 0 saturated carbocycles. The van der Waals surface area contributed by atoms with Gasteiger partial charge < -0.3 is 9.84 Å². The van der Waals surface area contributed by atoms with Gasteiger partial charge in [0.25, 0.3) is 5.91 Å². The molecule has 0 spiro atoms. The molecule has 0 bridgehead atoms. The molecule has 0 fully saturated rings. The van der Waals surface area contributed by atoms with Crippen molar-refractivity contribution in [1.82, 2.24) is 15.5 Å². The number of rotatable bonds is 4. The molecule has 1 aromatic heterocycles. The van der Waals surface area contributed by atoms with E-state index in [-0.39, 0.29) is 30.0 Å². The van der Waals surface area contributed by atoms with Gasteiger partial charge in [0.15, 0.2) is 0 Å². The smallest absolute Gasteiger partial charge is 0.251 e. The number of nitrogens with one attached hydrogen (secondary N) is 1.